The van der Waals surface area contributed by atoms with E-state index >= 15 is 0 Å². The van der Waals surface area contributed by atoms with Crippen LogP contribution in [0.3, 0.4) is 0 Å². The fourth-order valence-corrected chi connectivity index (χ4v) is 2.61. The zero-order valence-electron chi connectivity index (χ0n) is 15.2. The molecule has 0 bridgehead atoms. The van der Waals surface area contributed by atoms with Gasteiger partial charge in [-0.2, -0.15) is 5.10 Å². The fraction of sp³-hybridized carbons (Fsp3) is 0.263. The van der Waals surface area contributed by atoms with Crippen molar-refractivity contribution >= 4 is 29.4 Å². The summed E-state index contributed by atoms with van der Waals surface area (Å²) in [5, 5.41) is 14.5. The maximum atomic E-state index is 11.9. The van der Waals surface area contributed by atoms with Crippen LogP contribution in [-0.2, 0) is 4.79 Å². The lowest BCUT2D eigenvalue weighted by atomic mass is 10.0. The Hall–Kier alpha value is -2.93. The number of hydrazone groups is 1. The molecule has 0 heterocycles. The number of nitrogens with zero attached hydrogens (tertiary/aromatic N) is 2. The molecule has 0 spiro atoms. The highest BCUT2D eigenvalue weighted by Crippen LogP contribution is 2.27. The van der Waals surface area contributed by atoms with Crippen molar-refractivity contribution in [2.24, 2.45) is 5.10 Å². The Morgan fingerprint density at radius 1 is 1.33 bits per heavy atom. The lowest BCUT2D eigenvalue weighted by Crippen LogP contribution is -2.25. The van der Waals surface area contributed by atoms with Gasteiger partial charge in [0.1, 0.15) is 10.8 Å². The largest absolute Gasteiger partial charge is 0.483 e. The number of benzene rings is 2. The second kappa shape index (κ2) is 9.14. The van der Waals surface area contributed by atoms with E-state index in [-0.39, 0.29) is 23.2 Å². The number of ether oxygens (including phenoxy) is 1. The number of aryl methyl sites for hydroxylation is 1. The Morgan fingerprint density at radius 2 is 2.07 bits per heavy atom. The molecule has 8 heteroatoms. The third-order valence-corrected chi connectivity index (χ3v) is 4.02. The number of carbonyl (C=O) groups is 1. The van der Waals surface area contributed by atoms with Crippen molar-refractivity contribution in [1.82, 2.24) is 5.43 Å². The van der Waals surface area contributed by atoms with Crippen molar-refractivity contribution in [1.29, 1.82) is 0 Å². The maximum Gasteiger partial charge on any atom is 0.287 e. The number of amides is 1. The summed E-state index contributed by atoms with van der Waals surface area (Å²) in [5.74, 6) is 0.523. The van der Waals surface area contributed by atoms with E-state index < -0.39 is 10.8 Å². The van der Waals surface area contributed by atoms with Crippen LogP contribution in [-0.4, -0.2) is 23.7 Å². The molecule has 0 saturated carbocycles. The summed E-state index contributed by atoms with van der Waals surface area (Å²) in [6.45, 7) is 5.88. The highest BCUT2D eigenvalue weighted by molar-refractivity contribution is 6.32. The van der Waals surface area contributed by atoms with E-state index in [0.717, 1.165) is 11.1 Å². The number of hydrogen-bond acceptors (Lipinski definition) is 5. The van der Waals surface area contributed by atoms with Gasteiger partial charge in [0.05, 0.1) is 11.1 Å². The van der Waals surface area contributed by atoms with Crippen LogP contribution in [0.4, 0.5) is 5.69 Å². The van der Waals surface area contributed by atoms with Gasteiger partial charge in [-0.15, -0.1) is 0 Å². The van der Waals surface area contributed by atoms with Crippen molar-refractivity contribution in [2.45, 2.75) is 26.7 Å². The van der Waals surface area contributed by atoms with E-state index in [2.05, 4.69) is 24.4 Å². The molecule has 7 nitrogen and oxygen atoms in total. The van der Waals surface area contributed by atoms with Crippen LogP contribution in [0.1, 0.15) is 36.5 Å². The number of hydrogen-bond donors (Lipinski definition) is 1. The fourth-order valence-electron chi connectivity index (χ4n) is 2.35. The topological polar surface area (TPSA) is 93.8 Å². The molecule has 0 aliphatic heterocycles. The van der Waals surface area contributed by atoms with E-state index in [1.54, 1.807) is 0 Å². The number of nitro benzene ring substituents is 1. The van der Waals surface area contributed by atoms with Crippen LogP contribution < -0.4 is 10.2 Å². The molecule has 1 amide bonds. The van der Waals surface area contributed by atoms with E-state index in [1.165, 1.54) is 24.4 Å². The van der Waals surface area contributed by atoms with Crippen LogP contribution in [0, 0.1) is 17.0 Å². The number of nitrogens with one attached hydrogen (secondary N) is 1. The van der Waals surface area contributed by atoms with Gasteiger partial charge >= 0.3 is 0 Å². The molecule has 142 valence electrons. The van der Waals surface area contributed by atoms with Crippen LogP contribution in [0.15, 0.2) is 41.5 Å². The summed E-state index contributed by atoms with van der Waals surface area (Å²) in [5.41, 5.74) is 4.75. The summed E-state index contributed by atoms with van der Waals surface area (Å²) in [7, 11) is 0. The number of halogens is 1. The predicted molar refractivity (Wildman–Crippen MR) is 105 cm³/mol. The maximum absolute atomic E-state index is 11.9. The molecule has 1 N–H and O–H groups in total. The summed E-state index contributed by atoms with van der Waals surface area (Å²) >= 11 is 5.83. The summed E-state index contributed by atoms with van der Waals surface area (Å²) in [4.78, 5) is 22.1. The molecule has 0 aliphatic carbocycles. The zero-order chi connectivity index (χ0) is 20.0. The first-order valence-corrected chi connectivity index (χ1v) is 8.65. The SMILES string of the molecule is Cc1ccc(C(C)C)c(OCC(=O)NN=Cc2ccc([N+](=O)[O-])c(Cl)c2)c1. The number of carbonyl (C=O) groups excluding carboxylic acids is 1. The predicted octanol–water partition coefficient (Wildman–Crippen LogP) is 4.21. The molecular weight excluding hydrogens is 370 g/mol. The van der Waals surface area contributed by atoms with Gasteiger partial charge in [-0.25, -0.2) is 5.43 Å². The molecule has 2 rings (SSSR count). The first kappa shape index (κ1) is 20.4. The standard InChI is InChI=1S/C19H20ClN3O4/c1-12(2)15-6-4-13(3)8-18(15)27-11-19(24)22-21-10-14-5-7-17(23(25)26)16(20)9-14/h4-10,12H,11H2,1-3H3,(H,22,24). The van der Waals surface area contributed by atoms with E-state index in [4.69, 9.17) is 16.3 Å². The number of nitro groups is 1. The average Bonchev–Trinajstić information content (AvgIpc) is 2.59. The Morgan fingerprint density at radius 3 is 2.70 bits per heavy atom. The molecular formula is C19H20ClN3O4. The second-order valence-electron chi connectivity index (χ2n) is 6.25. The quantitative estimate of drug-likeness (QED) is 0.436. The van der Waals surface area contributed by atoms with Crippen LogP contribution >= 0.6 is 11.6 Å². The Bertz CT molecular complexity index is 881. The summed E-state index contributed by atoms with van der Waals surface area (Å²) in [6, 6.07) is 10.0. The van der Waals surface area contributed by atoms with E-state index in [9.17, 15) is 14.9 Å². The molecule has 0 aromatic heterocycles. The average molecular weight is 390 g/mol. The molecule has 0 unspecified atom stereocenters. The minimum atomic E-state index is -0.570. The third kappa shape index (κ3) is 5.79. The van der Waals surface area contributed by atoms with Gasteiger partial charge in [-0.3, -0.25) is 14.9 Å². The molecule has 0 atom stereocenters. The molecule has 27 heavy (non-hydrogen) atoms. The highest BCUT2D eigenvalue weighted by atomic mass is 35.5. The van der Waals surface area contributed by atoms with Crippen molar-refractivity contribution in [3.63, 3.8) is 0 Å². The lowest BCUT2D eigenvalue weighted by Gasteiger charge is -2.14. The zero-order valence-corrected chi connectivity index (χ0v) is 16.0. The van der Waals surface area contributed by atoms with E-state index in [1.807, 2.05) is 25.1 Å². The minimum Gasteiger partial charge on any atom is -0.483 e. The van der Waals surface area contributed by atoms with Gasteiger partial charge in [0.2, 0.25) is 0 Å². The minimum absolute atomic E-state index is 0.000674. The number of rotatable bonds is 7. The first-order valence-electron chi connectivity index (χ1n) is 8.27. The van der Waals surface area contributed by atoms with Crippen molar-refractivity contribution < 1.29 is 14.5 Å². The lowest BCUT2D eigenvalue weighted by molar-refractivity contribution is -0.384. The monoisotopic (exact) mass is 389 g/mol. The normalized spacial score (nSPS) is 11.0. The van der Waals surface area contributed by atoms with E-state index in [0.29, 0.717) is 11.3 Å². The first-order chi connectivity index (χ1) is 12.8. The summed E-state index contributed by atoms with van der Waals surface area (Å²) in [6.07, 6.45) is 1.35. The van der Waals surface area contributed by atoms with Crippen molar-refractivity contribution in [3.05, 3.63) is 68.2 Å². The molecule has 2 aromatic carbocycles. The Balaban J connectivity index is 1.93. The molecule has 0 fully saturated rings. The smallest absolute Gasteiger partial charge is 0.287 e. The van der Waals surface area contributed by atoms with Crippen LogP contribution in [0.25, 0.3) is 0 Å². The molecule has 0 radical (unpaired) electrons. The van der Waals surface area contributed by atoms with Gasteiger partial charge in [0.15, 0.2) is 6.61 Å². The van der Waals surface area contributed by atoms with Gasteiger partial charge in [0, 0.05) is 6.07 Å². The molecule has 0 saturated heterocycles. The van der Waals surface area contributed by atoms with Gasteiger partial charge in [-0.05, 0) is 47.7 Å². The van der Waals surface area contributed by atoms with Gasteiger partial charge < -0.3 is 4.74 Å². The molecule has 0 aliphatic rings. The van der Waals surface area contributed by atoms with Crippen LogP contribution in [0.2, 0.25) is 5.02 Å². The van der Waals surface area contributed by atoms with Gasteiger partial charge in [-0.1, -0.05) is 37.6 Å². The third-order valence-electron chi connectivity index (χ3n) is 3.72. The highest BCUT2D eigenvalue weighted by Gasteiger charge is 2.12. The summed E-state index contributed by atoms with van der Waals surface area (Å²) < 4.78 is 5.62. The van der Waals surface area contributed by atoms with Gasteiger partial charge in [0.25, 0.3) is 11.6 Å². The van der Waals surface area contributed by atoms with Crippen LogP contribution in [0.5, 0.6) is 5.75 Å². The van der Waals surface area contributed by atoms with Crippen molar-refractivity contribution in [2.75, 3.05) is 6.61 Å². The second-order valence-corrected chi connectivity index (χ2v) is 6.65. The Kier molecular flexibility index (Phi) is 6.90. The Labute approximate surface area is 162 Å². The van der Waals surface area contributed by atoms with Crippen molar-refractivity contribution in [3.8, 4) is 5.75 Å². The molecule has 2 aromatic rings.